The highest BCUT2D eigenvalue weighted by molar-refractivity contribution is 6.60. The summed E-state index contributed by atoms with van der Waals surface area (Å²) in [6.07, 6.45) is 6.41. The molecular weight excluding hydrogens is 196 g/mol. The van der Waals surface area contributed by atoms with E-state index in [4.69, 9.17) is 0 Å². The lowest BCUT2D eigenvalue weighted by Crippen LogP contribution is -2.57. The van der Waals surface area contributed by atoms with Crippen LogP contribution in [0.3, 0.4) is 0 Å². The summed E-state index contributed by atoms with van der Waals surface area (Å²) in [7, 11) is -3.91. The SMILES string of the molecule is O[Si](O)(O)C12CC3CC(CC(C3)C1)C2. The Hall–Kier alpha value is 0.0969. The summed E-state index contributed by atoms with van der Waals surface area (Å²) >= 11 is 0. The van der Waals surface area contributed by atoms with Crippen molar-refractivity contribution in [2.45, 2.75) is 43.6 Å². The van der Waals surface area contributed by atoms with E-state index in [0.29, 0.717) is 17.8 Å². The van der Waals surface area contributed by atoms with Crippen LogP contribution in [0.15, 0.2) is 0 Å². The van der Waals surface area contributed by atoms with Crippen molar-refractivity contribution in [3.8, 4) is 0 Å². The predicted molar refractivity (Wildman–Crippen MR) is 53.3 cm³/mol. The molecule has 80 valence electrons. The molecule has 0 amide bonds. The highest BCUT2D eigenvalue weighted by Gasteiger charge is 2.62. The van der Waals surface area contributed by atoms with E-state index in [-0.39, 0.29) is 0 Å². The molecule has 0 heterocycles. The van der Waals surface area contributed by atoms with E-state index in [2.05, 4.69) is 0 Å². The predicted octanol–water partition coefficient (Wildman–Crippen LogP) is 0.873. The van der Waals surface area contributed by atoms with Gasteiger partial charge in [-0.3, -0.25) is 0 Å². The minimum atomic E-state index is -3.91. The molecule has 0 aromatic carbocycles. The molecule has 0 spiro atoms. The van der Waals surface area contributed by atoms with E-state index < -0.39 is 13.8 Å². The summed E-state index contributed by atoms with van der Waals surface area (Å²) in [5.74, 6) is 2.00. The highest BCUT2D eigenvalue weighted by Crippen LogP contribution is 2.66. The third-order valence-electron chi connectivity index (χ3n) is 4.75. The Labute approximate surface area is 85.1 Å². The van der Waals surface area contributed by atoms with Crippen LogP contribution in [-0.4, -0.2) is 23.2 Å². The van der Waals surface area contributed by atoms with Gasteiger partial charge in [0.1, 0.15) is 0 Å². The Morgan fingerprint density at radius 1 is 0.786 bits per heavy atom. The van der Waals surface area contributed by atoms with Crippen LogP contribution in [-0.2, 0) is 0 Å². The third-order valence-corrected chi connectivity index (χ3v) is 6.79. The first-order valence-electron chi connectivity index (χ1n) is 5.66. The van der Waals surface area contributed by atoms with Crippen LogP contribution in [0.1, 0.15) is 38.5 Å². The molecule has 0 aliphatic heterocycles. The number of hydrogen-bond acceptors (Lipinski definition) is 3. The summed E-state index contributed by atoms with van der Waals surface area (Å²) in [4.78, 5) is 28.9. The maximum absolute atomic E-state index is 9.63. The van der Waals surface area contributed by atoms with Crippen molar-refractivity contribution >= 4 is 8.80 Å². The van der Waals surface area contributed by atoms with Gasteiger partial charge in [-0.2, -0.15) is 0 Å². The van der Waals surface area contributed by atoms with Gasteiger partial charge in [0.05, 0.1) is 0 Å². The molecule has 0 radical (unpaired) electrons. The van der Waals surface area contributed by atoms with E-state index in [1.165, 1.54) is 19.3 Å². The Kier molecular flexibility index (Phi) is 1.74. The Morgan fingerprint density at radius 2 is 1.14 bits per heavy atom. The molecule has 4 rings (SSSR count). The molecule has 4 heteroatoms. The maximum atomic E-state index is 9.63. The van der Waals surface area contributed by atoms with Gasteiger partial charge < -0.3 is 14.4 Å². The van der Waals surface area contributed by atoms with Crippen LogP contribution >= 0.6 is 0 Å². The van der Waals surface area contributed by atoms with Crippen LogP contribution in [0.2, 0.25) is 5.04 Å². The van der Waals surface area contributed by atoms with Gasteiger partial charge in [0.25, 0.3) is 0 Å². The zero-order valence-corrected chi connectivity index (χ0v) is 9.32. The molecule has 0 unspecified atom stereocenters. The highest BCUT2D eigenvalue weighted by atomic mass is 28.4. The monoisotopic (exact) mass is 214 g/mol. The number of rotatable bonds is 1. The van der Waals surface area contributed by atoms with Crippen LogP contribution in [0.4, 0.5) is 0 Å². The second-order valence-corrected chi connectivity index (χ2v) is 8.16. The van der Waals surface area contributed by atoms with E-state index in [0.717, 1.165) is 19.3 Å². The molecule has 4 fully saturated rings. The van der Waals surface area contributed by atoms with Crippen molar-refractivity contribution in [3.05, 3.63) is 0 Å². The van der Waals surface area contributed by atoms with Crippen molar-refractivity contribution < 1.29 is 14.4 Å². The third kappa shape index (κ3) is 1.14. The number of hydrogen-bond donors (Lipinski definition) is 3. The Bertz CT molecular complexity index is 223. The fraction of sp³-hybridized carbons (Fsp3) is 1.00. The fourth-order valence-corrected chi connectivity index (χ4v) is 6.21. The molecule has 4 saturated carbocycles. The average Bonchev–Trinajstić information content (AvgIpc) is 1.98. The standard InChI is InChI=1S/C10H18O3Si/c11-14(12,13)10-4-7-1-8(5-10)3-9(2-7)6-10/h7-9,11-13H,1-6H2. The van der Waals surface area contributed by atoms with E-state index >= 15 is 0 Å². The molecule has 4 aliphatic carbocycles. The van der Waals surface area contributed by atoms with Gasteiger partial charge in [-0.1, -0.05) is 0 Å². The Morgan fingerprint density at radius 3 is 1.43 bits per heavy atom. The molecule has 4 bridgehead atoms. The molecule has 4 aliphatic rings. The maximum Gasteiger partial charge on any atom is 0.499 e. The van der Waals surface area contributed by atoms with Gasteiger partial charge in [-0.25, -0.2) is 0 Å². The second kappa shape index (κ2) is 2.61. The largest absolute Gasteiger partial charge is 0.499 e. The molecule has 0 saturated heterocycles. The first-order chi connectivity index (χ1) is 6.48. The van der Waals surface area contributed by atoms with Crippen LogP contribution in [0, 0.1) is 17.8 Å². The zero-order chi connectivity index (χ0) is 9.97. The van der Waals surface area contributed by atoms with Crippen molar-refractivity contribution in [1.29, 1.82) is 0 Å². The van der Waals surface area contributed by atoms with E-state index in [1.54, 1.807) is 0 Å². The summed E-state index contributed by atoms with van der Waals surface area (Å²) < 4.78 is 0. The summed E-state index contributed by atoms with van der Waals surface area (Å²) in [5, 5.41) is -0.457. The lowest BCUT2D eigenvalue weighted by molar-refractivity contribution is -0.00861. The summed E-state index contributed by atoms with van der Waals surface area (Å²) in [6.45, 7) is 0. The lowest BCUT2D eigenvalue weighted by atomic mass is 9.56. The van der Waals surface area contributed by atoms with Gasteiger partial charge in [-0.15, -0.1) is 0 Å². The molecule has 3 nitrogen and oxygen atoms in total. The molecule has 3 N–H and O–H groups in total. The smallest absolute Gasteiger partial charge is 0.390 e. The first-order valence-corrected chi connectivity index (χ1v) is 7.50. The van der Waals surface area contributed by atoms with Crippen molar-refractivity contribution in [1.82, 2.24) is 0 Å². The quantitative estimate of drug-likeness (QED) is 0.568. The van der Waals surface area contributed by atoms with Crippen molar-refractivity contribution in [2.24, 2.45) is 17.8 Å². The molecular formula is C10H18O3Si. The normalized spacial score (nSPS) is 51.2. The van der Waals surface area contributed by atoms with Crippen molar-refractivity contribution in [2.75, 3.05) is 0 Å². The van der Waals surface area contributed by atoms with Crippen molar-refractivity contribution in [3.63, 3.8) is 0 Å². The van der Waals surface area contributed by atoms with E-state index in [1.807, 2.05) is 0 Å². The van der Waals surface area contributed by atoms with Crippen LogP contribution < -0.4 is 0 Å². The second-order valence-electron chi connectivity index (χ2n) is 5.83. The molecule has 0 aromatic heterocycles. The van der Waals surface area contributed by atoms with Gasteiger partial charge in [0, 0.05) is 5.04 Å². The Balaban J connectivity index is 1.95. The van der Waals surface area contributed by atoms with Gasteiger partial charge in [-0.05, 0) is 56.3 Å². The van der Waals surface area contributed by atoms with E-state index in [9.17, 15) is 14.4 Å². The summed E-state index contributed by atoms with van der Waals surface area (Å²) in [6, 6.07) is 0. The zero-order valence-electron chi connectivity index (χ0n) is 8.32. The van der Waals surface area contributed by atoms with Crippen LogP contribution in [0.5, 0.6) is 0 Å². The summed E-state index contributed by atoms with van der Waals surface area (Å²) in [5.41, 5.74) is 0. The van der Waals surface area contributed by atoms with Crippen LogP contribution in [0.25, 0.3) is 0 Å². The molecule has 14 heavy (non-hydrogen) atoms. The molecule has 0 atom stereocenters. The van der Waals surface area contributed by atoms with Gasteiger partial charge in [0.15, 0.2) is 0 Å². The molecule has 0 aromatic rings. The fourth-order valence-electron chi connectivity index (χ4n) is 4.52. The van der Waals surface area contributed by atoms with Gasteiger partial charge >= 0.3 is 8.80 Å². The minimum Gasteiger partial charge on any atom is -0.390 e. The topological polar surface area (TPSA) is 60.7 Å². The van der Waals surface area contributed by atoms with Gasteiger partial charge in [0.2, 0.25) is 0 Å². The average molecular weight is 214 g/mol. The minimum absolute atomic E-state index is 0.457. The first kappa shape index (κ1) is 9.33. The lowest BCUT2D eigenvalue weighted by Gasteiger charge is -2.57.